The van der Waals surface area contributed by atoms with Gasteiger partial charge in [0.15, 0.2) is 0 Å². The van der Waals surface area contributed by atoms with Crippen LogP contribution in [0.4, 0.5) is 5.69 Å². The molecule has 0 heterocycles. The number of carbonyl (C=O) groups excluding carboxylic acids is 2. The predicted octanol–water partition coefficient (Wildman–Crippen LogP) is 5.79. The Morgan fingerprint density at radius 2 is 1.57 bits per heavy atom. The minimum absolute atomic E-state index is 0.0406. The SMILES string of the molecule is CC[C@H](C)NC(=O)[C@@H](C)N(Cc1ccccc1Cl)C(=O)CN(c1ccc(C)c(C)c1)S(=O)(=O)c1ccc(C)cc1. The van der Waals surface area contributed by atoms with Gasteiger partial charge in [0.1, 0.15) is 12.6 Å². The molecule has 0 bridgehead atoms. The van der Waals surface area contributed by atoms with Crippen molar-refractivity contribution in [3.05, 3.63) is 94.0 Å². The number of hydrogen-bond donors (Lipinski definition) is 1. The van der Waals surface area contributed by atoms with E-state index in [1.54, 1.807) is 55.5 Å². The molecule has 0 unspecified atom stereocenters. The van der Waals surface area contributed by atoms with Crippen LogP contribution in [0, 0.1) is 20.8 Å². The van der Waals surface area contributed by atoms with Gasteiger partial charge in [0.25, 0.3) is 10.0 Å². The molecule has 3 rings (SSSR count). The van der Waals surface area contributed by atoms with Gasteiger partial charge in [0.05, 0.1) is 10.6 Å². The maximum absolute atomic E-state index is 14.0. The number of nitrogens with one attached hydrogen (secondary N) is 1. The Morgan fingerprint density at radius 3 is 2.17 bits per heavy atom. The Bertz CT molecular complexity index is 1460. The second-order valence-corrected chi connectivity index (χ2v) is 12.5. The number of rotatable bonds is 11. The summed E-state index contributed by atoms with van der Waals surface area (Å²) in [5, 5.41) is 3.38. The van der Waals surface area contributed by atoms with Crippen LogP contribution < -0.4 is 9.62 Å². The first kappa shape index (κ1) is 31.2. The van der Waals surface area contributed by atoms with E-state index in [2.05, 4.69) is 5.32 Å². The second kappa shape index (κ2) is 13.3. The molecule has 3 aromatic rings. The van der Waals surface area contributed by atoms with Gasteiger partial charge in [-0.1, -0.05) is 60.5 Å². The van der Waals surface area contributed by atoms with E-state index in [9.17, 15) is 18.0 Å². The molecule has 0 fully saturated rings. The number of halogens is 1. The molecule has 1 N–H and O–H groups in total. The first-order valence-electron chi connectivity index (χ1n) is 13.3. The van der Waals surface area contributed by atoms with E-state index in [1.165, 1.54) is 17.0 Å². The average molecular weight is 584 g/mol. The van der Waals surface area contributed by atoms with Crippen LogP contribution in [0.2, 0.25) is 5.02 Å². The summed E-state index contributed by atoms with van der Waals surface area (Å²) in [5.41, 5.74) is 3.83. The van der Waals surface area contributed by atoms with E-state index in [1.807, 2.05) is 40.7 Å². The molecular weight excluding hydrogens is 546 g/mol. The first-order valence-corrected chi connectivity index (χ1v) is 15.2. The molecule has 7 nitrogen and oxygen atoms in total. The van der Waals surface area contributed by atoms with Crippen LogP contribution in [0.3, 0.4) is 0 Å². The Hall–Kier alpha value is -3.36. The van der Waals surface area contributed by atoms with Gasteiger partial charge in [-0.2, -0.15) is 0 Å². The van der Waals surface area contributed by atoms with Crippen LogP contribution >= 0.6 is 11.6 Å². The lowest BCUT2D eigenvalue weighted by atomic mass is 10.1. The van der Waals surface area contributed by atoms with Crippen molar-refractivity contribution < 1.29 is 18.0 Å². The number of nitrogens with zero attached hydrogens (tertiary/aromatic N) is 2. The summed E-state index contributed by atoms with van der Waals surface area (Å²) < 4.78 is 29.0. The van der Waals surface area contributed by atoms with Crippen molar-refractivity contribution in [3.8, 4) is 0 Å². The van der Waals surface area contributed by atoms with Gasteiger partial charge >= 0.3 is 0 Å². The van der Waals surface area contributed by atoms with E-state index in [0.717, 1.165) is 27.4 Å². The van der Waals surface area contributed by atoms with E-state index in [4.69, 9.17) is 11.6 Å². The fraction of sp³-hybridized carbons (Fsp3) is 0.355. The molecule has 3 aromatic carbocycles. The Morgan fingerprint density at radius 1 is 0.925 bits per heavy atom. The van der Waals surface area contributed by atoms with Crippen LogP contribution in [0.1, 0.15) is 49.4 Å². The normalized spacial score (nSPS) is 12.9. The summed E-state index contributed by atoms with van der Waals surface area (Å²) >= 11 is 6.42. The lowest BCUT2D eigenvalue weighted by Crippen LogP contribution is -2.52. The number of sulfonamides is 1. The fourth-order valence-corrected chi connectivity index (χ4v) is 5.71. The summed E-state index contributed by atoms with van der Waals surface area (Å²) in [7, 11) is -4.12. The zero-order valence-electron chi connectivity index (χ0n) is 23.9. The quantitative estimate of drug-likeness (QED) is 0.309. The molecule has 214 valence electrons. The summed E-state index contributed by atoms with van der Waals surface area (Å²) in [6, 6.07) is 17.9. The zero-order chi connectivity index (χ0) is 29.6. The molecule has 0 aliphatic heterocycles. The van der Waals surface area contributed by atoms with Crippen LogP contribution in [-0.2, 0) is 26.2 Å². The number of amides is 2. The van der Waals surface area contributed by atoms with Crippen LogP contribution in [0.5, 0.6) is 0 Å². The number of benzene rings is 3. The second-order valence-electron chi connectivity index (χ2n) is 10.2. The van der Waals surface area contributed by atoms with Crippen molar-refractivity contribution in [3.63, 3.8) is 0 Å². The summed E-state index contributed by atoms with van der Waals surface area (Å²) in [5.74, 6) is -0.852. The Labute approximate surface area is 243 Å². The molecule has 0 spiro atoms. The van der Waals surface area contributed by atoms with Crippen LogP contribution in [0.15, 0.2) is 71.6 Å². The highest BCUT2D eigenvalue weighted by atomic mass is 35.5. The summed E-state index contributed by atoms with van der Waals surface area (Å²) in [6.07, 6.45) is 0.728. The molecule has 0 saturated carbocycles. The van der Waals surface area contributed by atoms with Crippen molar-refractivity contribution in [1.29, 1.82) is 0 Å². The summed E-state index contributed by atoms with van der Waals surface area (Å²) in [6.45, 7) is 10.7. The minimum atomic E-state index is -4.12. The molecule has 0 aliphatic rings. The third-order valence-electron chi connectivity index (χ3n) is 7.13. The Kier molecular flexibility index (Phi) is 10.4. The minimum Gasteiger partial charge on any atom is -0.352 e. The molecule has 40 heavy (non-hydrogen) atoms. The molecule has 0 radical (unpaired) electrons. The van der Waals surface area contributed by atoms with Gasteiger partial charge < -0.3 is 10.2 Å². The first-order chi connectivity index (χ1) is 18.8. The molecule has 0 saturated heterocycles. The Balaban J connectivity index is 2.06. The molecular formula is C31H38ClN3O4S. The number of carbonyl (C=O) groups is 2. The van der Waals surface area contributed by atoms with Crippen molar-refractivity contribution in [1.82, 2.24) is 10.2 Å². The van der Waals surface area contributed by atoms with Gasteiger partial charge in [0, 0.05) is 17.6 Å². The van der Waals surface area contributed by atoms with Crippen LogP contribution in [0.25, 0.3) is 0 Å². The highest BCUT2D eigenvalue weighted by molar-refractivity contribution is 7.92. The molecule has 0 aromatic heterocycles. The van der Waals surface area contributed by atoms with E-state index in [0.29, 0.717) is 16.3 Å². The molecule has 2 atom stereocenters. The van der Waals surface area contributed by atoms with Gasteiger partial charge in [-0.15, -0.1) is 0 Å². The monoisotopic (exact) mass is 583 g/mol. The molecule has 9 heteroatoms. The topological polar surface area (TPSA) is 86.8 Å². The van der Waals surface area contributed by atoms with E-state index in [-0.39, 0.29) is 23.4 Å². The fourth-order valence-electron chi connectivity index (χ4n) is 4.11. The number of aryl methyl sites for hydroxylation is 3. The zero-order valence-corrected chi connectivity index (χ0v) is 25.5. The van der Waals surface area contributed by atoms with Crippen molar-refractivity contribution in [2.45, 2.75) is 71.5 Å². The maximum atomic E-state index is 14.0. The smallest absolute Gasteiger partial charge is 0.264 e. The van der Waals surface area contributed by atoms with Gasteiger partial charge in [-0.25, -0.2) is 8.42 Å². The van der Waals surface area contributed by atoms with Crippen molar-refractivity contribution in [2.24, 2.45) is 0 Å². The van der Waals surface area contributed by atoms with Gasteiger partial charge in [-0.3, -0.25) is 13.9 Å². The standard InChI is InChI=1S/C31H38ClN3O4S/c1-7-24(5)33-31(37)25(6)34(19-26-10-8-9-11-29(26)32)30(36)20-35(27-15-14-22(3)23(4)18-27)40(38,39)28-16-12-21(2)13-17-28/h8-18,24-25H,7,19-20H2,1-6H3,(H,33,37)/t24-,25+/m0/s1. The lowest BCUT2D eigenvalue weighted by molar-refractivity contribution is -0.139. The number of anilines is 1. The lowest BCUT2D eigenvalue weighted by Gasteiger charge is -2.32. The van der Waals surface area contributed by atoms with E-state index >= 15 is 0 Å². The third-order valence-corrected chi connectivity index (χ3v) is 9.29. The third kappa shape index (κ3) is 7.43. The highest BCUT2D eigenvalue weighted by Gasteiger charge is 2.33. The average Bonchev–Trinajstić information content (AvgIpc) is 2.92. The molecule has 0 aliphatic carbocycles. The maximum Gasteiger partial charge on any atom is 0.264 e. The van der Waals surface area contributed by atoms with Gasteiger partial charge in [0.2, 0.25) is 11.8 Å². The summed E-state index contributed by atoms with van der Waals surface area (Å²) in [4.78, 5) is 28.6. The van der Waals surface area contributed by atoms with Gasteiger partial charge in [-0.05, 0) is 88.1 Å². The highest BCUT2D eigenvalue weighted by Crippen LogP contribution is 2.27. The van der Waals surface area contributed by atoms with Crippen LogP contribution in [-0.4, -0.2) is 43.8 Å². The molecule has 2 amide bonds. The number of hydrogen-bond acceptors (Lipinski definition) is 4. The van der Waals surface area contributed by atoms with E-state index < -0.39 is 28.5 Å². The largest absolute Gasteiger partial charge is 0.352 e. The van der Waals surface area contributed by atoms with Crippen molar-refractivity contribution in [2.75, 3.05) is 10.8 Å². The van der Waals surface area contributed by atoms with Crippen molar-refractivity contribution >= 4 is 39.1 Å². The predicted molar refractivity (Wildman–Crippen MR) is 161 cm³/mol.